The van der Waals surface area contributed by atoms with Crippen LogP contribution in [0.5, 0.6) is 11.5 Å². The van der Waals surface area contributed by atoms with Crippen molar-refractivity contribution in [3.63, 3.8) is 0 Å². The summed E-state index contributed by atoms with van der Waals surface area (Å²) in [5, 5.41) is 3.40. The highest BCUT2D eigenvalue weighted by Gasteiger charge is 2.32. The first-order valence-corrected chi connectivity index (χ1v) is 7.85. The van der Waals surface area contributed by atoms with Crippen molar-refractivity contribution in [2.24, 2.45) is 0 Å². The SMILES string of the molecule is COc1cc2c(cc1OC)C(C)(Cl)NC(c1ccc(C)cc1)=C2. The third-order valence-corrected chi connectivity index (χ3v) is 4.39. The summed E-state index contributed by atoms with van der Waals surface area (Å²) in [5.41, 5.74) is 5.30. The number of benzene rings is 2. The second-order valence-corrected chi connectivity index (χ2v) is 6.60. The van der Waals surface area contributed by atoms with Crippen molar-refractivity contribution >= 4 is 23.4 Å². The van der Waals surface area contributed by atoms with Crippen molar-refractivity contribution in [3.8, 4) is 11.5 Å². The number of methoxy groups -OCH3 is 2. The fourth-order valence-corrected chi connectivity index (χ4v) is 3.09. The molecule has 0 saturated heterocycles. The van der Waals surface area contributed by atoms with Crippen LogP contribution in [0.1, 0.15) is 29.2 Å². The lowest BCUT2D eigenvalue weighted by atomic mass is 9.93. The normalized spacial score (nSPS) is 19.4. The predicted molar refractivity (Wildman–Crippen MR) is 94.9 cm³/mol. The lowest BCUT2D eigenvalue weighted by Crippen LogP contribution is -2.36. The molecule has 2 aromatic rings. The van der Waals surface area contributed by atoms with Crippen LogP contribution < -0.4 is 14.8 Å². The minimum atomic E-state index is -0.718. The molecule has 0 aromatic heterocycles. The maximum atomic E-state index is 6.75. The van der Waals surface area contributed by atoms with Crippen molar-refractivity contribution in [2.75, 3.05) is 14.2 Å². The van der Waals surface area contributed by atoms with Gasteiger partial charge in [0, 0.05) is 11.3 Å². The molecule has 3 nitrogen and oxygen atoms in total. The number of ether oxygens (including phenoxy) is 2. The third kappa shape index (κ3) is 2.89. The van der Waals surface area contributed by atoms with Gasteiger partial charge >= 0.3 is 0 Å². The Hall–Kier alpha value is -2.13. The fourth-order valence-electron chi connectivity index (χ4n) is 2.82. The van der Waals surface area contributed by atoms with Crippen LogP contribution in [0.3, 0.4) is 0 Å². The molecule has 0 bridgehead atoms. The summed E-state index contributed by atoms with van der Waals surface area (Å²) < 4.78 is 10.8. The molecule has 2 aromatic carbocycles. The van der Waals surface area contributed by atoms with Gasteiger partial charge in [-0.2, -0.15) is 0 Å². The Morgan fingerprint density at radius 3 is 2.22 bits per heavy atom. The Morgan fingerprint density at radius 2 is 1.61 bits per heavy atom. The van der Waals surface area contributed by atoms with Crippen LogP contribution in [0, 0.1) is 6.92 Å². The van der Waals surface area contributed by atoms with E-state index < -0.39 is 5.00 Å². The summed E-state index contributed by atoms with van der Waals surface area (Å²) in [6.45, 7) is 4.02. The summed E-state index contributed by atoms with van der Waals surface area (Å²) in [5.74, 6) is 1.37. The predicted octanol–water partition coefficient (Wildman–Crippen LogP) is 4.53. The number of hydrogen-bond donors (Lipinski definition) is 1. The lowest BCUT2D eigenvalue weighted by molar-refractivity contribution is 0.353. The van der Waals surface area contributed by atoms with E-state index >= 15 is 0 Å². The standard InChI is InChI=1S/C19H20ClNO2/c1-12-5-7-13(8-6-12)16-9-14-10-17(22-3)18(23-4)11-15(14)19(2,20)21-16/h5-11,21H,1-4H3. The largest absolute Gasteiger partial charge is 0.493 e. The van der Waals surface area contributed by atoms with Gasteiger partial charge in [0.2, 0.25) is 0 Å². The number of rotatable bonds is 3. The molecule has 1 atom stereocenters. The van der Waals surface area contributed by atoms with Gasteiger partial charge in [0.15, 0.2) is 11.5 Å². The number of alkyl halides is 1. The molecule has 0 radical (unpaired) electrons. The zero-order valence-electron chi connectivity index (χ0n) is 13.7. The van der Waals surface area contributed by atoms with Gasteiger partial charge < -0.3 is 14.8 Å². The summed E-state index contributed by atoms with van der Waals surface area (Å²) in [6, 6.07) is 12.3. The first kappa shape index (κ1) is 15.8. The topological polar surface area (TPSA) is 30.5 Å². The minimum Gasteiger partial charge on any atom is -0.493 e. The molecule has 0 amide bonds. The molecule has 0 fully saturated rings. The van der Waals surface area contributed by atoms with Crippen molar-refractivity contribution in [1.29, 1.82) is 0 Å². The van der Waals surface area contributed by atoms with Gasteiger partial charge in [0.05, 0.1) is 14.2 Å². The first-order chi connectivity index (χ1) is 10.9. The molecule has 0 spiro atoms. The zero-order chi connectivity index (χ0) is 16.6. The maximum Gasteiger partial charge on any atom is 0.161 e. The Balaban J connectivity index is 2.14. The van der Waals surface area contributed by atoms with E-state index in [0.29, 0.717) is 11.5 Å². The molecule has 1 heterocycles. The van der Waals surface area contributed by atoms with Crippen LogP contribution in [0.15, 0.2) is 36.4 Å². The molecule has 1 aliphatic rings. The quantitative estimate of drug-likeness (QED) is 0.663. The molecule has 3 rings (SSSR count). The van der Waals surface area contributed by atoms with Crippen molar-refractivity contribution in [2.45, 2.75) is 18.8 Å². The molecule has 1 aliphatic heterocycles. The highest BCUT2D eigenvalue weighted by molar-refractivity contribution is 6.25. The van der Waals surface area contributed by atoms with Gasteiger partial charge in [-0.15, -0.1) is 0 Å². The van der Waals surface area contributed by atoms with Gasteiger partial charge in [-0.3, -0.25) is 0 Å². The minimum absolute atomic E-state index is 0.673. The molecule has 4 heteroatoms. The van der Waals surface area contributed by atoms with E-state index in [-0.39, 0.29) is 0 Å². The van der Waals surface area contributed by atoms with Crippen LogP contribution in [-0.4, -0.2) is 14.2 Å². The second-order valence-electron chi connectivity index (χ2n) is 5.85. The van der Waals surface area contributed by atoms with Crippen molar-refractivity contribution in [1.82, 2.24) is 5.32 Å². The van der Waals surface area contributed by atoms with Gasteiger partial charge in [0.1, 0.15) is 5.00 Å². The third-order valence-electron chi connectivity index (χ3n) is 4.09. The lowest BCUT2D eigenvalue weighted by Gasteiger charge is -2.33. The Bertz CT molecular complexity index is 764. The molecule has 0 saturated carbocycles. The number of halogens is 1. The number of aryl methyl sites for hydroxylation is 1. The van der Waals surface area contributed by atoms with Crippen LogP contribution in [0.25, 0.3) is 11.8 Å². The highest BCUT2D eigenvalue weighted by atomic mass is 35.5. The number of nitrogens with one attached hydrogen (secondary N) is 1. The summed E-state index contributed by atoms with van der Waals surface area (Å²) in [6.07, 6.45) is 2.09. The van der Waals surface area contributed by atoms with Crippen LogP contribution >= 0.6 is 11.6 Å². The van der Waals surface area contributed by atoms with E-state index in [1.54, 1.807) is 14.2 Å². The van der Waals surface area contributed by atoms with Crippen LogP contribution in [-0.2, 0) is 5.00 Å². The fraction of sp³-hybridized carbons (Fsp3) is 0.263. The summed E-state index contributed by atoms with van der Waals surface area (Å²) >= 11 is 6.75. The van der Waals surface area contributed by atoms with Crippen LogP contribution in [0.2, 0.25) is 0 Å². The van der Waals surface area contributed by atoms with Gasteiger partial charge in [0.25, 0.3) is 0 Å². The number of hydrogen-bond acceptors (Lipinski definition) is 3. The van der Waals surface area contributed by atoms with Crippen LogP contribution in [0.4, 0.5) is 0 Å². The summed E-state index contributed by atoms with van der Waals surface area (Å²) in [4.78, 5) is -0.718. The van der Waals surface area contributed by atoms with E-state index in [4.69, 9.17) is 21.1 Å². The molecular weight excluding hydrogens is 310 g/mol. The summed E-state index contributed by atoms with van der Waals surface area (Å²) in [7, 11) is 3.26. The van der Waals surface area contributed by atoms with E-state index in [9.17, 15) is 0 Å². The van der Waals surface area contributed by atoms with E-state index in [1.165, 1.54) is 5.56 Å². The molecular formula is C19H20ClNO2. The second kappa shape index (κ2) is 5.82. The molecule has 1 unspecified atom stereocenters. The van der Waals surface area contributed by atoms with Crippen molar-refractivity contribution in [3.05, 3.63) is 58.7 Å². The number of fused-ring (bicyclic) bond motifs is 1. The monoisotopic (exact) mass is 329 g/mol. The average molecular weight is 330 g/mol. The first-order valence-electron chi connectivity index (χ1n) is 7.47. The zero-order valence-corrected chi connectivity index (χ0v) is 14.5. The average Bonchev–Trinajstić information content (AvgIpc) is 2.53. The Labute approximate surface area is 141 Å². The Kier molecular flexibility index (Phi) is 3.99. The molecule has 0 aliphatic carbocycles. The van der Waals surface area contributed by atoms with Gasteiger partial charge in [-0.05, 0) is 43.2 Å². The van der Waals surface area contributed by atoms with E-state index in [1.807, 2.05) is 19.1 Å². The van der Waals surface area contributed by atoms with Crippen molar-refractivity contribution < 1.29 is 9.47 Å². The van der Waals surface area contributed by atoms with Gasteiger partial charge in [-0.1, -0.05) is 41.4 Å². The maximum absolute atomic E-state index is 6.75. The molecule has 23 heavy (non-hydrogen) atoms. The Morgan fingerprint density at radius 1 is 1.00 bits per heavy atom. The smallest absolute Gasteiger partial charge is 0.161 e. The van der Waals surface area contributed by atoms with E-state index in [0.717, 1.165) is 22.4 Å². The molecule has 1 N–H and O–H groups in total. The molecule has 120 valence electrons. The highest BCUT2D eigenvalue weighted by Crippen LogP contribution is 2.42. The van der Waals surface area contributed by atoms with E-state index in [2.05, 4.69) is 42.6 Å². The van der Waals surface area contributed by atoms with Gasteiger partial charge in [-0.25, -0.2) is 0 Å².